The van der Waals surface area contributed by atoms with Crippen LogP contribution in [0.5, 0.6) is 0 Å². The summed E-state index contributed by atoms with van der Waals surface area (Å²) in [5.74, 6) is 4.98. The molecule has 15 heavy (non-hydrogen) atoms. The van der Waals surface area contributed by atoms with Crippen molar-refractivity contribution < 1.29 is 9.94 Å². The minimum Gasteiger partial charge on any atom is -0.390 e. The third-order valence-electron chi connectivity index (χ3n) is 2.30. The molecule has 0 aliphatic rings. The van der Waals surface area contributed by atoms with Crippen LogP contribution < -0.4 is 5.90 Å². The summed E-state index contributed by atoms with van der Waals surface area (Å²) >= 11 is 0. The van der Waals surface area contributed by atoms with E-state index < -0.39 is 5.60 Å². The smallest absolute Gasteiger partial charge is 0.0930 e. The van der Waals surface area contributed by atoms with E-state index in [4.69, 9.17) is 5.90 Å². The van der Waals surface area contributed by atoms with Crippen molar-refractivity contribution in [1.29, 1.82) is 0 Å². The Kier molecular flexibility index (Phi) is 4.27. The van der Waals surface area contributed by atoms with Gasteiger partial charge in [-0.3, -0.25) is 4.84 Å². The summed E-state index contributed by atoms with van der Waals surface area (Å²) in [5.41, 5.74) is 1.68. The average Bonchev–Trinajstić information content (AvgIpc) is 2.16. The highest BCUT2D eigenvalue weighted by Crippen LogP contribution is 2.13. The molecule has 0 radical (unpaired) electrons. The van der Waals surface area contributed by atoms with Crippen molar-refractivity contribution in [2.24, 2.45) is 5.90 Å². The lowest BCUT2D eigenvalue weighted by Crippen LogP contribution is -2.19. The quantitative estimate of drug-likeness (QED) is 0.727. The van der Waals surface area contributed by atoms with Crippen LogP contribution in [0.25, 0.3) is 0 Å². The number of rotatable bonds is 5. The Bertz CT molecular complexity index is 287. The van der Waals surface area contributed by atoms with E-state index in [1.807, 2.05) is 38.1 Å². The Morgan fingerprint density at radius 3 is 2.20 bits per heavy atom. The molecule has 0 aliphatic carbocycles. The van der Waals surface area contributed by atoms with E-state index in [-0.39, 0.29) is 0 Å². The lowest BCUT2D eigenvalue weighted by Gasteiger charge is -2.16. The molecule has 0 bridgehead atoms. The maximum absolute atomic E-state index is 9.58. The molecule has 0 atom stereocenters. The fraction of sp³-hybridized carbons (Fsp3) is 0.500. The van der Waals surface area contributed by atoms with Gasteiger partial charge in [-0.25, -0.2) is 5.90 Å². The number of aliphatic hydroxyl groups is 1. The molecule has 3 N–H and O–H groups in total. The van der Waals surface area contributed by atoms with Gasteiger partial charge < -0.3 is 5.11 Å². The van der Waals surface area contributed by atoms with Gasteiger partial charge in [0.15, 0.2) is 0 Å². The molecule has 0 saturated heterocycles. The second kappa shape index (κ2) is 5.26. The first-order valence-electron chi connectivity index (χ1n) is 5.13. The van der Waals surface area contributed by atoms with Crippen LogP contribution in [-0.2, 0) is 17.9 Å². The van der Waals surface area contributed by atoms with Crippen molar-refractivity contribution in [2.45, 2.75) is 38.9 Å². The summed E-state index contributed by atoms with van der Waals surface area (Å²) in [5, 5.41) is 9.58. The molecule has 0 unspecified atom stereocenters. The summed E-state index contributed by atoms with van der Waals surface area (Å²) in [6.07, 6.45) is 1.65. The molecule has 0 saturated carbocycles. The zero-order valence-electron chi connectivity index (χ0n) is 9.36. The van der Waals surface area contributed by atoms with Gasteiger partial charge in [-0.05, 0) is 37.8 Å². The van der Waals surface area contributed by atoms with Gasteiger partial charge in [0.2, 0.25) is 0 Å². The van der Waals surface area contributed by atoms with Crippen LogP contribution in [0.2, 0.25) is 0 Å². The molecule has 1 aromatic rings. The number of hydrogen-bond acceptors (Lipinski definition) is 3. The Balaban J connectivity index is 2.50. The van der Waals surface area contributed by atoms with Gasteiger partial charge in [-0.1, -0.05) is 24.3 Å². The zero-order chi connectivity index (χ0) is 11.3. The summed E-state index contributed by atoms with van der Waals surface area (Å²) in [7, 11) is 0. The molecule has 0 aliphatic heterocycles. The SMILES string of the molecule is CC(C)(O)CCc1ccc(CON)cc1. The summed E-state index contributed by atoms with van der Waals surface area (Å²) < 4.78 is 0. The summed E-state index contributed by atoms with van der Waals surface area (Å²) in [6, 6.07) is 8.07. The largest absolute Gasteiger partial charge is 0.390 e. The minimum absolute atomic E-state index is 0.436. The fourth-order valence-corrected chi connectivity index (χ4v) is 1.35. The third-order valence-corrected chi connectivity index (χ3v) is 2.30. The summed E-state index contributed by atoms with van der Waals surface area (Å²) in [6.45, 7) is 4.08. The molecular weight excluding hydrogens is 190 g/mol. The van der Waals surface area contributed by atoms with Crippen LogP contribution in [-0.4, -0.2) is 10.7 Å². The van der Waals surface area contributed by atoms with Crippen LogP contribution in [0.15, 0.2) is 24.3 Å². The van der Waals surface area contributed by atoms with E-state index in [2.05, 4.69) is 4.84 Å². The highest BCUT2D eigenvalue weighted by molar-refractivity contribution is 5.22. The van der Waals surface area contributed by atoms with Crippen molar-refractivity contribution in [2.75, 3.05) is 0 Å². The summed E-state index contributed by atoms with van der Waals surface area (Å²) in [4.78, 5) is 4.54. The monoisotopic (exact) mass is 209 g/mol. The lowest BCUT2D eigenvalue weighted by molar-refractivity contribution is 0.0714. The van der Waals surface area contributed by atoms with Gasteiger partial charge in [0, 0.05) is 0 Å². The van der Waals surface area contributed by atoms with E-state index in [0.717, 1.165) is 18.4 Å². The zero-order valence-corrected chi connectivity index (χ0v) is 9.36. The Morgan fingerprint density at radius 2 is 1.73 bits per heavy atom. The van der Waals surface area contributed by atoms with Gasteiger partial charge in [0.1, 0.15) is 0 Å². The number of nitrogens with two attached hydrogens (primary N) is 1. The van der Waals surface area contributed by atoms with Crippen molar-refractivity contribution in [3.05, 3.63) is 35.4 Å². The molecule has 3 heteroatoms. The lowest BCUT2D eigenvalue weighted by atomic mass is 9.98. The normalized spacial score (nSPS) is 11.7. The molecule has 1 aromatic carbocycles. The predicted octanol–water partition coefficient (Wildman–Crippen LogP) is 1.78. The van der Waals surface area contributed by atoms with E-state index in [1.165, 1.54) is 5.56 Å². The first-order valence-corrected chi connectivity index (χ1v) is 5.13. The van der Waals surface area contributed by atoms with E-state index >= 15 is 0 Å². The molecular formula is C12H19NO2. The van der Waals surface area contributed by atoms with Crippen molar-refractivity contribution in [3.63, 3.8) is 0 Å². The van der Waals surface area contributed by atoms with Crippen molar-refractivity contribution >= 4 is 0 Å². The molecule has 0 fully saturated rings. The third kappa shape index (κ3) is 4.93. The Labute approximate surface area is 90.8 Å². The topological polar surface area (TPSA) is 55.5 Å². The van der Waals surface area contributed by atoms with Crippen LogP contribution in [0.3, 0.4) is 0 Å². The first kappa shape index (κ1) is 12.2. The van der Waals surface area contributed by atoms with E-state index in [0.29, 0.717) is 6.61 Å². The van der Waals surface area contributed by atoms with Gasteiger partial charge >= 0.3 is 0 Å². The number of benzene rings is 1. The molecule has 0 amide bonds. The minimum atomic E-state index is -0.598. The van der Waals surface area contributed by atoms with Crippen LogP contribution in [0.1, 0.15) is 31.4 Å². The molecule has 1 rings (SSSR count). The molecule has 0 spiro atoms. The highest BCUT2D eigenvalue weighted by Gasteiger charge is 2.11. The highest BCUT2D eigenvalue weighted by atomic mass is 16.6. The van der Waals surface area contributed by atoms with Gasteiger partial charge in [0.05, 0.1) is 12.2 Å². The van der Waals surface area contributed by atoms with Crippen LogP contribution in [0.4, 0.5) is 0 Å². The van der Waals surface area contributed by atoms with Crippen LogP contribution in [0, 0.1) is 0 Å². The molecule has 0 heterocycles. The second-order valence-corrected chi connectivity index (χ2v) is 4.44. The number of aryl methyl sites for hydroxylation is 1. The van der Waals surface area contributed by atoms with Gasteiger partial charge in [0.25, 0.3) is 0 Å². The molecule has 84 valence electrons. The standard InChI is InChI=1S/C12H19NO2/c1-12(2,14)8-7-10-3-5-11(6-4-10)9-15-13/h3-6,14H,7-9,13H2,1-2H3. The molecule has 3 nitrogen and oxygen atoms in total. The maximum atomic E-state index is 9.58. The Morgan fingerprint density at radius 1 is 1.20 bits per heavy atom. The van der Waals surface area contributed by atoms with E-state index in [9.17, 15) is 5.11 Å². The Hall–Kier alpha value is -0.900. The average molecular weight is 209 g/mol. The fourth-order valence-electron chi connectivity index (χ4n) is 1.35. The van der Waals surface area contributed by atoms with Gasteiger partial charge in [-0.2, -0.15) is 0 Å². The maximum Gasteiger partial charge on any atom is 0.0930 e. The molecule has 0 aromatic heterocycles. The first-order chi connectivity index (χ1) is 7.01. The van der Waals surface area contributed by atoms with Crippen LogP contribution >= 0.6 is 0 Å². The predicted molar refractivity (Wildman–Crippen MR) is 60.0 cm³/mol. The second-order valence-electron chi connectivity index (χ2n) is 4.44. The number of hydrogen-bond donors (Lipinski definition) is 2. The van der Waals surface area contributed by atoms with Crippen molar-refractivity contribution in [3.8, 4) is 0 Å². The van der Waals surface area contributed by atoms with Gasteiger partial charge in [-0.15, -0.1) is 0 Å². The van der Waals surface area contributed by atoms with Crippen molar-refractivity contribution in [1.82, 2.24) is 0 Å². The van der Waals surface area contributed by atoms with E-state index in [1.54, 1.807) is 0 Å².